The van der Waals surface area contributed by atoms with Gasteiger partial charge in [-0.3, -0.25) is 9.28 Å². The second-order valence-corrected chi connectivity index (χ2v) is 10.1. The molecule has 1 amide bonds. The van der Waals surface area contributed by atoms with Crippen LogP contribution in [0.5, 0.6) is 0 Å². The van der Waals surface area contributed by atoms with Gasteiger partial charge < -0.3 is 5.32 Å². The van der Waals surface area contributed by atoms with Crippen LogP contribution in [0.2, 0.25) is 0 Å². The molecule has 1 heterocycles. The Labute approximate surface area is 206 Å². The van der Waals surface area contributed by atoms with Gasteiger partial charge in [-0.25, -0.2) is 4.99 Å². The van der Waals surface area contributed by atoms with Crippen molar-refractivity contribution in [2.45, 2.75) is 143 Å². The van der Waals surface area contributed by atoms with Crippen LogP contribution in [0.1, 0.15) is 137 Å². The van der Waals surface area contributed by atoms with Gasteiger partial charge in [-0.1, -0.05) is 89.7 Å². The van der Waals surface area contributed by atoms with Crippen LogP contribution in [0.3, 0.4) is 0 Å². The van der Waals surface area contributed by atoms with Gasteiger partial charge in [0.15, 0.2) is 12.0 Å². The zero-order valence-corrected chi connectivity index (χ0v) is 22.7. The molecule has 0 aromatic rings. The van der Waals surface area contributed by atoms with Gasteiger partial charge in [-0.05, 0) is 39.0 Å². The van der Waals surface area contributed by atoms with E-state index in [4.69, 9.17) is 4.99 Å². The number of quaternary nitrogens is 1. The van der Waals surface area contributed by atoms with Crippen molar-refractivity contribution in [2.24, 2.45) is 4.99 Å². The van der Waals surface area contributed by atoms with Crippen LogP contribution < -0.4 is 5.32 Å². The van der Waals surface area contributed by atoms with Gasteiger partial charge in [0.05, 0.1) is 13.1 Å². The number of carbonyl (C=O) groups excluding carboxylic acids is 1. The highest BCUT2D eigenvalue weighted by Crippen LogP contribution is 2.23. The summed E-state index contributed by atoms with van der Waals surface area (Å²) in [5.74, 6) is 1.37. The average molecular weight is 463 g/mol. The lowest BCUT2D eigenvalue weighted by atomic mass is 10.1. The van der Waals surface area contributed by atoms with E-state index in [1.807, 2.05) is 0 Å². The summed E-state index contributed by atoms with van der Waals surface area (Å²) >= 11 is 0. The topological polar surface area (TPSA) is 41.5 Å². The minimum Gasteiger partial charge on any atom is -0.307 e. The van der Waals surface area contributed by atoms with E-state index in [0.717, 1.165) is 30.5 Å². The van der Waals surface area contributed by atoms with Crippen molar-refractivity contribution < 1.29 is 9.28 Å². The number of allylic oxidation sites excluding steroid dienone is 2. The second-order valence-electron chi connectivity index (χ2n) is 10.1. The van der Waals surface area contributed by atoms with E-state index in [1.54, 1.807) is 6.92 Å². The van der Waals surface area contributed by atoms with Crippen LogP contribution in [0.25, 0.3) is 0 Å². The van der Waals surface area contributed by atoms with Crippen molar-refractivity contribution in [3.8, 4) is 0 Å². The van der Waals surface area contributed by atoms with Crippen LogP contribution in [0, 0.1) is 0 Å². The molecule has 1 rings (SSSR count). The zero-order chi connectivity index (χ0) is 24.2. The Morgan fingerprint density at radius 3 is 1.91 bits per heavy atom. The normalized spacial score (nSPS) is 19.2. The summed E-state index contributed by atoms with van der Waals surface area (Å²) < 4.78 is 0.853. The highest BCUT2D eigenvalue weighted by Gasteiger charge is 2.41. The Balaban J connectivity index is 1.99. The molecular formula is C29H56N3O+. The van der Waals surface area contributed by atoms with Crippen LogP contribution >= 0.6 is 0 Å². The Morgan fingerprint density at radius 1 is 0.879 bits per heavy atom. The van der Waals surface area contributed by atoms with Crippen molar-refractivity contribution in [1.82, 2.24) is 5.32 Å². The molecule has 0 aliphatic carbocycles. The predicted molar refractivity (Wildman–Crippen MR) is 145 cm³/mol. The molecule has 0 bridgehead atoms. The summed E-state index contributed by atoms with van der Waals surface area (Å²) in [6.45, 7) is 11.2. The third-order valence-electron chi connectivity index (χ3n) is 7.44. The Morgan fingerprint density at radius 2 is 1.39 bits per heavy atom. The lowest BCUT2D eigenvalue weighted by molar-refractivity contribution is -0.861. The standard InChI is InChI=1S/C29H55N3O/c1-5-7-8-9-10-11-12-13-14-15-16-17-18-19-20-21-22-23-24-29-30-25-26-32(29,6-2)27(3)31-28(4)33/h14-15,27H,5-13,16-26H2,1-4H3/p+1/b15-14+. The van der Waals surface area contributed by atoms with E-state index < -0.39 is 0 Å². The molecule has 0 aromatic heterocycles. The van der Waals surface area contributed by atoms with E-state index >= 15 is 0 Å². The maximum absolute atomic E-state index is 11.5. The fraction of sp³-hybridized carbons (Fsp3) is 0.862. The fourth-order valence-corrected chi connectivity index (χ4v) is 5.26. The second kappa shape index (κ2) is 19.2. The molecule has 2 atom stereocenters. The number of nitrogens with one attached hydrogen (secondary N) is 1. The highest BCUT2D eigenvalue weighted by atomic mass is 16.1. The van der Waals surface area contributed by atoms with Gasteiger partial charge in [-0.15, -0.1) is 0 Å². The van der Waals surface area contributed by atoms with Crippen molar-refractivity contribution in [3.05, 3.63) is 12.2 Å². The number of hydrogen-bond acceptors (Lipinski definition) is 2. The molecule has 4 nitrogen and oxygen atoms in total. The molecule has 0 aromatic carbocycles. The van der Waals surface area contributed by atoms with E-state index in [2.05, 4.69) is 38.2 Å². The molecule has 1 N–H and O–H groups in total. The number of carbonyl (C=O) groups is 1. The molecule has 0 fully saturated rings. The molecule has 0 radical (unpaired) electrons. The van der Waals surface area contributed by atoms with Crippen LogP contribution in [0.4, 0.5) is 0 Å². The van der Waals surface area contributed by atoms with E-state index in [1.165, 1.54) is 109 Å². The lowest BCUT2D eigenvalue weighted by Gasteiger charge is -2.39. The summed E-state index contributed by atoms with van der Waals surface area (Å²) in [4.78, 5) is 16.4. The smallest absolute Gasteiger partial charge is 0.221 e. The molecule has 1 aliphatic heterocycles. The number of amides is 1. The lowest BCUT2D eigenvalue weighted by Crippen LogP contribution is -2.62. The molecule has 2 unspecified atom stereocenters. The number of amidine groups is 1. The van der Waals surface area contributed by atoms with Crippen molar-refractivity contribution >= 4 is 11.7 Å². The molecule has 192 valence electrons. The number of likely N-dealkylation sites (N-methyl/N-ethyl adjacent to an activating group) is 1. The van der Waals surface area contributed by atoms with Gasteiger partial charge >= 0.3 is 0 Å². The van der Waals surface area contributed by atoms with Gasteiger partial charge in [-0.2, -0.15) is 0 Å². The summed E-state index contributed by atoms with van der Waals surface area (Å²) in [5.41, 5.74) is 0. The first kappa shape index (κ1) is 29.9. The molecule has 1 aliphatic rings. The maximum Gasteiger partial charge on any atom is 0.221 e. The number of unbranched alkanes of at least 4 members (excludes halogenated alkanes) is 14. The molecule has 4 heteroatoms. The minimum atomic E-state index is 0.0587. The van der Waals surface area contributed by atoms with Gasteiger partial charge in [0.2, 0.25) is 5.91 Å². The third kappa shape index (κ3) is 12.8. The van der Waals surface area contributed by atoms with Crippen molar-refractivity contribution in [3.63, 3.8) is 0 Å². The maximum atomic E-state index is 11.5. The predicted octanol–water partition coefficient (Wildman–Crippen LogP) is 7.93. The van der Waals surface area contributed by atoms with Gasteiger partial charge in [0.25, 0.3) is 0 Å². The first-order chi connectivity index (χ1) is 16.1. The first-order valence-corrected chi connectivity index (χ1v) is 14.4. The van der Waals surface area contributed by atoms with E-state index in [9.17, 15) is 4.79 Å². The SMILES string of the molecule is CCCCCCCCC/C=C/CCCCCCCCCC1=NCC[N+]1(CC)C(C)NC(C)=O. The monoisotopic (exact) mass is 462 g/mol. The Hall–Kier alpha value is -1.16. The van der Waals surface area contributed by atoms with Crippen molar-refractivity contribution in [2.75, 3.05) is 19.6 Å². The number of hydrogen-bond donors (Lipinski definition) is 1. The summed E-state index contributed by atoms with van der Waals surface area (Å²) in [6, 6.07) is 0. The molecule has 0 spiro atoms. The van der Waals surface area contributed by atoms with Crippen LogP contribution in [-0.2, 0) is 4.79 Å². The summed E-state index contributed by atoms with van der Waals surface area (Å²) in [7, 11) is 0. The summed E-state index contributed by atoms with van der Waals surface area (Å²) in [6.07, 6.45) is 27.8. The summed E-state index contributed by atoms with van der Waals surface area (Å²) in [5, 5.41) is 3.11. The van der Waals surface area contributed by atoms with Crippen LogP contribution in [-0.4, -0.2) is 42.0 Å². The number of aliphatic imine (C=N–C) groups is 1. The molecular weight excluding hydrogens is 406 g/mol. The largest absolute Gasteiger partial charge is 0.307 e. The molecule has 33 heavy (non-hydrogen) atoms. The number of rotatable bonds is 21. The van der Waals surface area contributed by atoms with Gasteiger partial charge in [0.1, 0.15) is 6.54 Å². The quantitative estimate of drug-likeness (QED) is 0.105. The zero-order valence-electron chi connectivity index (χ0n) is 22.7. The Kier molecular flexibility index (Phi) is 17.4. The molecule has 0 saturated heterocycles. The first-order valence-electron chi connectivity index (χ1n) is 14.4. The van der Waals surface area contributed by atoms with E-state index in [-0.39, 0.29) is 12.1 Å². The minimum absolute atomic E-state index is 0.0587. The highest BCUT2D eigenvalue weighted by molar-refractivity contribution is 5.78. The fourth-order valence-electron chi connectivity index (χ4n) is 5.26. The Bertz CT molecular complexity index is 557. The average Bonchev–Trinajstić information content (AvgIpc) is 3.22. The number of nitrogens with zero attached hydrogens (tertiary/aromatic N) is 2. The van der Waals surface area contributed by atoms with Crippen molar-refractivity contribution in [1.29, 1.82) is 0 Å². The van der Waals surface area contributed by atoms with Crippen LogP contribution in [0.15, 0.2) is 17.1 Å². The molecule has 0 saturated carbocycles. The third-order valence-corrected chi connectivity index (χ3v) is 7.44. The van der Waals surface area contributed by atoms with E-state index in [0.29, 0.717) is 0 Å². The van der Waals surface area contributed by atoms with Gasteiger partial charge in [0, 0.05) is 20.3 Å².